The molecule has 1 aromatic carbocycles. The van der Waals surface area contributed by atoms with Crippen molar-refractivity contribution in [2.45, 2.75) is 18.5 Å². The Balaban J connectivity index is 2.53. The average Bonchev–Trinajstić information content (AvgIpc) is 2.56. The van der Waals surface area contributed by atoms with Crippen LogP contribution in [0.3, 0.4) is 0 Å². The fraction of sp³-hybridized carbons (Fsp3) is 0.500. The van der Waals surface area contributed by atoms with Crippen molar-refractivity contribution in [2.24, 2.45) is 0 Å². The third kappa shape index (κ3) is 7.64. The second-order valence-electron chi connectivity index (χ2n) is 6.95. The summed E-state index contributed by atoms with van der Waals surface area (Å²) in [7, 11) is 3.43. The summed E-state index contributed by atoms with van der Waals surface area (Å²) in [5, 5.41) is -0.640. The number of anilines is 1. The van der Waals surface area contributed by atoms with Crippen LogP contribution >= 0.6 is 0 Å². The monoisotopic (exact) mass is 463 g/mol. The van der Waals surface area contributed by atoms with E-state index in [2.05, 4.69) is 4.98 Å². The number of rotatable bonds is 7. The molecule has 0 radical (unpaired) electrons. The zero-order valence-corrected chi connectivity index (χ0v) is 16.3. The summed E-state index contributed by atoms with van der Waals surface area (Å²) in [6, 6.07) is 2.97. The van der Waals surface area contributed by atoms with E-state index in [1.807, 2.05) is 0 Å². The molecule has 0 saturated heterocycles. The first-order chi connectivity index (χ1) is 14.0. The molecule has 0 fully saturated rings. The summed E-state index contributed by atoms with van der Waals surface area (Å²) in [4.78, 5) is 5.53. The molecule has 174 valence electrons. The van der Waals surface area contributed by atoms with Crippen molar-refractivity contribution >= 4 is 16.6 Å². The van der Waals surface area contributed by atoms with Crippen molar-refractivity contribution in [3.05, 3.63) is 29.8 Å². The molecule has 0 aliphatic heterocycles. The first-order valence-electron chi connectivity index (χ1n) is 8.73. The Morgan fingerprint density at radius 1 is 0.871 bits per heavy atom. The number of benzene rings is 1. The van der Waals surface area contributed by atoms with E-state index in [0.717, 1.165) is 12.1 Å². The van der Waals surface area contributed by atoms with Crippen LogP contribution in [0.5, 0.6) is 5.88 Å². The highest BCUT2D eigenvalue weighted by Gasteiger charge is 2.38. The van der Waals surface area contributed by atoms with E-state index in [9.17, 15) is 39.5 Å². The standard InChI is InChI=1S/C18H18F9N3O/c1-29(2)5-6-31-15-8-13(18(25,26)27)12-7-11(3-4-14(12)28-15)30(9-16(19,20)21)10-17(22,23)24/h3-4,7-8H,5-6,9-10H2,1-2H3. The number of halogens is 9. The molecule has 0 unspecified atom stereocenters. The quantitative estimate of drug-likeness (QED) is 0.533. The van der Waals surface area contributed by atoms with Crippen molar-refractivity contribution in [1.82, 2.24) is 9.88 Å². The molecule has 0 aliphatic carbocycles. The maximum atomic E-state index is 13.6. The number of alkyl halides is 9. The molecule has 0 amide bonds. The van der Waals surface area contributed by atoms with Gasteiger partial charge in [0, 0.05) is 23.7 Å². The Bertz CT molecular complexity index is 876. The van der Waals surface area contributed by atoms with Crippen molar-refractivity contribution in [1.29, 1.82) is 0 Å². The van der Waals surface area contributed by atoms with Gasteiger partial charge in [0.05, 0.1) is 11.1 Å². The normalized spacial score (nSPS) is 13.2. The third-order valence-corrected chi connectivity index (χ3v) is 3.97. The molecule has 0 spiro atoms. The topological polar surface area (TPSA) is 28.6 Å². The highest BCUT2D eigenvalue weighted by Crippen LogP contribution is 2.38. The lowest BCUT2D eigenvalue weighted by atomic mass is 10.1. The van der Waals surface area contributed by atoms with Crippen molar-refractivity contribution < 1.29 is 44.3 Å². The van der Waals surface area contributed by atoms with E-state index in [-0.39, 0.29) is 22.9 Å². The van der Waals surface area contributed by atoms with Gasteiger partial charge < -0.3 is 14.5 Å². The Morgan fingerprint density at radius 2 is 1.45 bits per heavy atom. The molecule has 0 saturated carbocycles. The third-order valence-electron chi connectivity index (χ3n) is 3.97. The summed E-state index contributed by atoms with van der Waals surface area (Å²) < 4.78 is 122. The minimum absolute atomic E-state index is 0.0197. The van der Waals surface area contributed by atoms with Crippen molar-refractivity contribution in [2.75, 3.05) is 45.2 Å². The number of hydrogen-bond donors (Lipinski definition) is 0. The largest absolute Gasteiger partial charge is 0.476 e. The molecule has 0 aliphatic rings. The fourth-order valence-electron chi connectivity index (χ4n) is 2.70. The van der Waals surface area contributed by atoms with E-state index in [1.54, 1.807) is 19.0 Å². The van der Waals surface area contributed by atoms with E-state index < -0.39 is 48.3 Å². The first kappa shape index (κ1) is 24.8. The number of pyridine rings is 1. The minimum Gasteiger partial charge on any atom is -0.476 e. The number of aromatic nitrogens is 1. The van der Waals surface area contributed by atoms with Crippen molar-refractivity contribution in [3.8, 4) is 5.88 Å². The summed E-state index contributed by atoms with van der Waals surface area (Å²) in [6.45, 7) is -3.58. The van der Waals surface area contributed by atoms with Gasteiger partial charge in [-0.25, -0.2) is 4.98 Å². The van der Waals surface area contributed by atoms with Crippen LogP contribution in [0, 0.1) is 0 Å². The molecule has 0 atom stereocenters. The van der Waals surface area contributed by atoms with Gasteiger partial charge >= 0.3 is 18.5 Å². The summed E-state index contributed by atoms with van der Waals surface area (Å²) in [5.41, 5.74) is -2.23. The predicted octanol–water partition coefficient (Wildman–Crippen LogP) is 5.13. The van der Waals surface area contributed by atoms with Crippen LogP contribution in [-0.2, 0) is 6.18 Å². The average molecular weight is 463 g/mol. The molecule has 13 heteroatoms. The van der Waals surface area contributed by atoms with Gasteiger partial charge in [0.1, 0.15) is 19.7 Å². The molecule has 1 heterocycles. The van der Waals surface area contributed by atoms with Crippen LogP contribution in [0.15, 0.2) is 24.3 Å². The van der Waals surface area contributed by atoms with Crippen LogP contribution < -0.4 is 9.64 Å². The molecule has 0 N–H and O–H groups in total. The van der Waals surface area contributed by atoms with Crippen molar-refractivity contribution in [3.63, 3.8) is 0 Å². The molecule has 2 aromatic rings. The number of fused-ring (bicyclic) bond motifs is 1. The first-order valence-corrected chi connectivity index (χ1v) is 8.73. The number of hydrogen-bond acceptors (Lipinski definition) is 4. The Kier molecular flexibility index (Phi) is 7.18. The maximum absolute atomic E-state index is 13.6. The van der Waals surface area contributed by atoms with Gasteiger partial charge in [-0.15, -0.1) is 0 Å². The number of ether oxygens (including phenoxy) is 1. The molecule has 2 rings (SSSR count). The Morgan fingerprint density at radius 3 is 1.94 bits per heavy atom. The highest BCUT2D eigenvalue weighted by atomic mass is 19.4. The SMILES string of the molecule is CN(C)CCOc1cc(C(F)(F)F)c2cc(N(CC(F)(F)F)CC(F)(F)F)ccc2n1. The second kappa shape index (κ2) is 8.97. The van der Waals surface area contributed by atoms with Gasteiger partial charge in [0.15, 0.2) is 0 Å². The minimum atomic E-state index is -5.00. The summed E-state index contributed by atoms with van der Waals surface area (Å²) in [6.07, 6.45) is -15.0. The van der Waals surface area contributed by atoms with Crippen LogP contribution in [-0.4, -0.2) is 62.6 Å². The van der Waals surface area contributed by atoms with Crippen LogP contribution in [0.1, 0.15) is 5.56 Å². The molecule has 31 heavy (non-hydrogen) atoms. The highest BCUT2D eigenvalue weighted by molar-refractivity contribution is 5.87. The zero-order chi connectivity index (χ0) is 23.6. The van der Waals surface area contributed by atoms with Gasteiger partial charge in [-0.3, -0.25) is 0 Å². The molecule has 4 nitrogen and oxygen atoms in total. The van der Waals surface area contributed by atoms with Crippen LogP contribution in [0.2, 0.25) is 0 Å². The van der Waals surface area contributed by atoms with Crippen LogP contribution in [0.25, 0.3) is 10.9 Å². The lowest BCUT2D eigenvalue weighted by molar-refractivity contribution is -0.138. The lowest BCUT2D eigenvalue weighted by Gasteiger charge is -2.27. The van der Waals surface area contributed by atoms with E-state index in [1.165, 1.54) is 0 Å². The number of likely N-dealkylation sites (N-methyl/N-ethyl adjacent to an activating group) is 1. The van der Waals surface area contributed by atoms with Crippen LogP contribution in [0.4, 0.5) is 45.2 Å². The summed E-state index contributed by atoms with van der Waals surface area (Å²) in [5.74, 6) is -0.364. The molecular weight excluding hydrogens is 445 g/mol. The Labute approximate surface area is 171 Å². The number of nitrogens with zero attached hydrogens (tertiary/aromatic N) is 3. The lowest BCUT2D eigenvalue weighted by Crippen LogP contribution is -2.40. The van der Waals surface area contributed by atoms with Gasteiger partial charge in [-0.1, -0.05) is 0 Å². The molecule has 1 aromatic heterocycles. The van der Waals surface area contributed by atoms with Gasteiger partial charge in [0.2, 0.25) is 5.88 Å². The summed E-state index contributed by atoms with van der Waals surface area (Å²) >= 11 is 0. The molecule has 0 bridgehead atoms. The fourth-order valence-corrected chi connectivity index (χ4v) is 2.70. The smallest absolute Gasteiger partial charge is 0.417 e. The Hall–Kier alpha value is -2.44. The van der Waals surface area contributed by atoms with E-state index in [4.69, 9.17) is 4.74 Å². The maximum Gasteiger partial charge on any atom is 0.417 e. The van der Waals surface area contributed by atoms with Gasteiger partial charge in [-0.2, -0.15) is 39.5 Å². The predicted molar refractivity (Wildman–Crippen MR) is 95.1 cm³/mol. The van der Waals surface area contributed by atoms with E-state index in [0.29, 0.717) is 18.7 Å². The second-order valence-corrected chi connectivity index (χ2v) is 6.95. The van der Waals surface area contributed by atoms with Gasteiger partial charge in [-0.05, 0) is 32.3 Å². The zero-order valence-electron chi connectivity index (χ0n) is 16.3. The van der Waals surface area contributed by atoms with E-state index >= 15 is 0 Å². The molecular formula is C18H18F9N3O. The van der Waals surface area contributed by atoms with Gasteiger partial charge in [0.25, 0.3) is 0 Å².